The third-order valence-electron chi connectivity index (χ3n) is 5.42. The second-order valence-corrected chi connectivity index (χ2v) is 7.54. The molecule has 0 atom stereocenters. The Morgan fingerprint density at radius 3 is 2.54 bits per heavy atom. The van der Waals surface area contributed by atoms with Crippen LogP contribution in [0.5, 0.6) is 5.88 Å². The zero-order valence-corrected chi connectivity index (χ0v) is 15.4. The van der Waals surface area contributed by atoms with Gasteiger partial charge in [-0.25, -0.2) is 13.8 Å². The zero-order valence-electron chi connectivity index (χ0n) is 15.4. The maximum atomic E-state index is 14.7. The van der Waals surface area contributed by atoms with Crippen LogP contribution in [0.3, 0.4) is 0 Å². The Hall–Kier alpha value is -2.70. The summed E-state index contributed by atoms with van der Waals surface area (Å²) in [6.07, 6.45) is 5.86. The fourth-order valence-electron chi connectivity index (χ4n) is 4.02. The van der Waals surface area contributed by atoms with E-state index in [1.807, 2.05) is 0 Å². The molecule has 1 N–H and O–H groups in total. The number of ether oxygens (including phenoxy) is 1. The molecule has 1 saturated heterocycles. The van der Waals surface area contributed by atoms with Crippen molar-refractivity contribution in [1.29, 1.82) is 0 Å². The van der Waals surface area contributed by atoms with Gasteiger partial charge in [-0.2, -0.15) is 0 Å². The smallest absolute Gasteiger partial charge is 0.303 e. The molecule has 1 aromatic carbocycles. The summed E-state index contributed by atoms with van der Waals surface area (Å²) in [5.74, 6) is -1.92. The van der Waals surface area contributed by atoms with E-state index in [9.17, 15) is 13.6 Å². The minimum atomic E-state index is -0.896. The summed E-state index contributed by atoms with van der Waals surface area (Å²) in [6, 6.07) is 6.05. The molecular formula is C21H22F2N2O3. The van der Waals surface area contributed by atoms with Crippen LogP contribution < -0.4 is 9.64 Å². The molecule has 0 bridgehead atoms. The first-order valence-electron chi connectivity index (χ1n) is 9.59. The molecule has 28 heavy (non-hydrogen) atoms. The zero-order chi connectivity index (χ0) is 19.7. The van der Waals surface area contributed by atoms with E-state index >= 15 is 0 Å². The molecule has 4 rings (SSSR count). The van der Waals surface area contributed by atoms with E-state index in [1.54, 1.807) is 23.2 Å². The van der Waals surface area contributed by atoms with Gasteiger partial charge < -0.3 is 14.7 Å². The molecule has 2 fully saturated rings. The number of nitrogens with zero attached hydrogens (tertiary/aromatic N) is 2. The molecule has 1 saturated carbocycles. The normalized spacial score (nSPS) is 17.6. The lowest BCUT2D eigenvalue weighted by Gasteiger charge is -2.40. The van der Waals surface area contributed by atoms with Gasteiger partial charge >= 0.3 is 5.97 Å². The molecule has 0 spiro atoms. The molecule has 0 amide bonds. The number of halogens is 2. The number of hydrogen-bond acceptors (Lipinski definition) is 4. The van der Waals surface area contributed by atoms with Crippen molar-refractivity contribution in [2.75, 3.05) is 18.0 Å². The van der Waals surface area contributed by atoms with Crippen molar-refractivity contribution in [3.8, 4) is 17.0 Å². The van der Waals surface area contributed by atoms with Gasteiger partial charge in [0, 0.05) is 30.8 Å². The molecule has 1 aromatic heterocycles. The number of anilines is 1. The number of benzene rings is 1. The van der Waals surface area contributed by atoms with Gasteiger partial charge in [-0.05, 0) is 55.5 Å². The number of carboxylic acids is 1. The SMILES string of the molecule is O=C(O)CC1CN(c2c(F)cc(-c3cccnc3OC3CCCC3)cc2F)C1. The number of carboxylic acid groups (broad SMARTS) is 1. The first kappa shape index (κ1) is 18.7. The second-order valence-electron chi connectivity index (χ2n) is 7.54. The average Bonchev–Trinajstić information content (AvgIpc) is 3.12. The van der Waals surface area contributed by atoms with Crippen LogP contribution >= 0.6 is 0 Å². The molecule has 2 aliphatic rings. The molecule has 1 aliphatic carbocycles. The van der Waals surface area contributed by atoms with Crippen molar-refractivity contribution in [1.82, 2.24) is 4.98 Å². The highest BCUT2D eigenvalue weighted by molar-refractivity contribution is 5.72. The lowest BCUT2D eigenvalue weighted by atomic mass is 9.95. The number of rotatable bonds is 6. The molecule has 5 nitrogen and oxygen atoms in total. The summed E-state index contributed by atoms with van der Waals surface area (Å²) >= 11 is 0. The summed E-state index contributed by atoms with van der Waals surface area (Å²) in [5, 5.41) is 8.82. The monoisotopic (exact) mass is 388 g/mol. The van der Waals surface area contributed by atoms with E-state index < -0.39 is 17.6 Å². The predicted molar refractivity (Wildman–Crippen MR) is 100 cm³/mol. The van der Waals surface area contributed by atoms with Gasteiger partial charge in [0.1, 0.15) is 23.4 Å². The van der Waals surface area contributed by atoms with Crippen molar-refractivity contribution < 1.29 is 23.4 Å². The number of hydrogen-bond donors (Lipinski definition) is 1. The summed E-state index contributed by atoms with van der Waals surface area (Å²) in [5.41, 5.74) is 0.834. The minimum Gasteiger partial charge on any atom is -0.481 e. The topological polar surface area (TPSA) is 62.7 Å². The molecular weight excluding hydrogens is 366 g/mol. The predicted octanol–water partition coefficient (Wildman–Crippen LogP) is 4.26. The molecule has 2 aromatic rings. The van der Waals surface area contributed by atoms with Crippen molar-refractivity contribution in [3.63, 3.8) is 0 Å². The quantitative estimate of drug-likeness (QED) is 0.801. The highest BCUT2D eigenvalue weighted by Gasteiger charge is 2.32. The van der Waals surface area contributed by atoms with Gasteiger partial charge in [0.15, 0.2) is 0 Å². The van der Waals surface area contributed by atoms with Crippen molar-refractivity contribution in [2.24, 2.45) is 5.92 Å². The molecule has 2 heterocycles. The number of carbonyl (C=O) groups is 1. The number of aliphatic carboxylic acids is 1. The van der Waals surface area contributed by atoms with E-state index in [0.717, 1.165) is 25.7 Å². The van der Waals surface area contributed by atoms with Crippen LogP contribution in [0.2, 0.25) is 0 Å². The molecule has 1 aliphatic heterocycles. The largest absolute Gasteiger partial charge is 0.481 e. The van der Waals surface area contributed by atoms with Crippen LogP contribution in [0.4, 0.5) is 14.5 Å². The average molecular weight is 388 g/mol. The third kappa shape index (κ3) is 3.79. The first-order chi connectivity index (χ1) is 13.5. The van der Waals surface area contributed by atoms with Crippen molar-refractivity contribution in [3.05, 3.63) is 42.1 Å². The van der Waals surface area contributed by atoms with E-state index in [-0.39, 0.29) is 24.1 Å². The van der Waals surface area contributed by atoms with Gasteiger partial charge in [0.05, 0.1) is 6.42 Å². The number of pyridine rings is 1. The minimum absolute atomic E-state index is 0.00930. The van der Waals surface area contributed by atoms with E-state index in [0.29, 0.717) is 30.1 Å². The summed E-state index contributed by atoms with van der Waals surface area (Å²) in [7, 11) is 0. The Balaban J connectivity index is 1.56. The van der Waals surface area contributed by atoms with Crippen LogP contribution in [0.15, 0.2) is 30.5 Å². The molecule has 0 unspecified atom stereocenters. The fraction of sp³-hybridized carbons (Fsp3) is 0.429. The van der Waals surface area contributed by atoms with Gasteiger partial charge in [-0.1, -0.05) is 0 Å². The van der Waals surface area contributed by atoms with Crippen LogP contribution in [-0.4, -0.2) is 35.3 Å². The lowest BCUT2D eigenvalue weighted by molar-refractivity contribution is -0.138. The standard InChI is InChI=1S/C21H22F2N2O3/c22-17-9-14(10-18(23)20(17)25-11-13(12-25)8-19(26)27)16-6-3-7-24-21(16)28-15-4-1-2-5-15/h3,6-7,9-10,13,15H,1-2,4-5,8,11-12H2,(H,26,27). The highest BCUT2D eigenvalue weighted by atomic mass is 19.1. The van der Waals surface area contributed by atoms with Gasteiger partial charge in [-0.15, -0.1) is 0 Å². The van der Waals surface area contributed by atoms with Crippen LogP contribution in [0, 0.1) is 17.6 Å². The highest BCUT2D eigenvalue weighted by Crippen LogP contribution is 2.37. The molecule has 7 heteroatoms. The maximum absolute atomic E-state index is 14.7. The summed E-state index contributed by atoms with van der Waals surface area (Å²) < 4.78 is 35.4. The van der Waals surface area contributed by atoms with Crippen LogP contribution in [0.1, 0.15) is 32.1 Å². The van der Waals surface area contributed by atoms with E-state index in [1.165, 1.54) is 12.1 Å². The second kappa shape index (κ2) is 7.73. The lowest BCUT2D eigenvalue weighted by Crippen LogP contribution is -2.48. The summed E-state index contributed by atoms with van der Waals surface area (Å²) in [4.78, 5) is 16.6. The van der Waals surface area contributed by atoms with Gasteiger partial charge in [0.2, 0.25) is 5.88 Å². The first-order valence-corrected chi connectivity index (χ1v) is 9.59. The van der Waals surface area contributed by atoms with E-state index in [2.05, 4.69) is 4.98 Å². The Labute approximate surface area is 162 Å². The molecule has 0 radical (unpaired) electrons. The van der Waals surface area contributed by atoms with Gasteiger partial charge in [0.25, 0.3) is 0 Å². The van der Waals surface area contributed by atoms with Crippen LogP contribution in [0.25, 0.3) is 11.1 Å². The summed E-state index contributed by atoms with van der Waals surface area (Å²) in [6.45, 7) is 0.671. The van der Waals surface area contributed by atoms with Gasteiger partial charge in [-0.3, -0.25) is 4.79 Å². The van der Waals surface area contributed by atoms with Crippen molar-refractivity contribution >= 4 is 11.7 Å². The Morgan fingerprint density at radius 1 is 1.21 bits per heavy atom. The van der Waals surface area contributed by atoms with Crippen molar-refractivity contribution in [2.45, 2.75) is 38.2 Å². The Bertz CT molecular complexity index is 855. The third-order valence-corrected chi connectivity index (χ3v) is 5.42. The van der Waals surface area contributed by atoms with Crippen LogP contribution in [-0.2, 0) is 4.79 Å². The molecule has 148 valence electrons. The number of aromatic nitrogens is 1. The van der Waals surface area contributed by atoms with E-state index in [4.69, 9.17) is 9.84 Å². The maximum Gasteiger partial charge on any atom is 0.303 e. The fourth-order valence-corrected chi connectivity index (χ4v) is 4.02. The Morgan fingerprint density at radius 2 is 1.89 bits per heavy atom. The Kier molecular flexibility index (Phi) is 5.15.